The minimum Gasteiger partial charge on any atom is -0.507 e. The van der Waals surface area contributed by atoms with Crippen molar-refractivity contribution in [2.45, 2.75) is 12.4 Å². The number of rotatable bonds is 1. The number of halogens is 6. The molecule has 0 radical (unpaired) electrons. The molecule has 0 unspecified atom stereocenters. The molecule has 21 heavy (non-hydrogen) atoms. The van der Waals surface area contributed by atoms with Crippen LogP contribution in [0.25, 0.3) is 11.1 Å². The van der Waals surface area contributed by atoms with Gasteiger partial charge in [-0.2, -0.15) is 26.3 Å². The molecule has 0 spiro atoms. The van der Waals surface area contributed by atoms with Crippen molar-refractivity contribution in [3.05, 3.63) is 53.6 Å². The molecule has 2 rings (SSSR count). The number of hydrogen-bond acceptors (Lipinski definition) is 1. The van der Waals surface area contributed by atoms with Crippen LogP contribution in [-0.2, 0) is 12.4 Å². The molecule has 0 saturated heterocycles. The van der Waals surface area contributed by atoms with Crippen molar-refractivity contribution in [3.63, 3.8) is 0 Å². The highest BCUT2D eigenvalue weighted by Gasteiger charge is 2.34. The molecule has 1 N–H and O–H groups in total. The maximum atomic E-state index is 12.7. The van der Waals surface area contributed by atoms with Crippen molar-refractivity contribution in [2.75, 3.05) is 0 Å². The molecule has 7 heteroatoms. The van der Waals surface area contributed by atoms with Crippen LogP contribution >= 0.6 is 0 Å². The van der Waals surface area contributed by atoms with E-state index in [1.165, 1.54) is 6.07 Å². The Morgan fingerprint density at radius 3 is 1.67 bits per heavy atom. The third kappa shape index (κ3) is 3.29. The van der Waals surface area contributed by atoms with Gasteiger partial charge in [-0.15, -0.1) is 0 Å². The molecule has 0 aliphatic heterocycles. The molecule has 1 nitrogen and oxygen atoms in total. The highest BCUT2D eigenvalue weighted by Crippen LogP contribution is 2.38. The van der Waals surface area contributed by atoms with Crippen molar-refractivity contribution in [2.24, 2.45) is 0 Å². The lowest BCUT2D eigenvalue weighted by Gasteiger charge is -2.12. The Balaban J connectivity index is 2.44. The van der Waals surface area contributed by atoms with Crippen molar-refractivity contribution in [1.29, 1.82) is 0 Å². The zero-order valence-electron chi connectivity index (χ0n) is 10.3. The molecule has 0 amide bonds. The van der Waals surface area contributed by atoms with E-state index in [0.717, 1.165) is 30.3 Å². The van der Waals surface area contributed by atoms with Crippen LogP contribution in [0.15, 0.2) is 42.5 Å². The number of benzene rings is 2. The van der Waals surface area contributed by atoms with E-state index in [-0.39, 0.29) is 11.1 Å². The van der Waals surface area contributed by atoms with Gasteiger partial charge in [-0.05, 0) is 35.4 Å². The summed E-state index contributed by atoms with van der Waals surface area (Å²) in [6.07, 6.45) is -9.25. The molecule has 0 aliphatic rings. The summed E-state index contributed by atoms with van der Waals surface area (Å²) in [7, 11) is 0. The summed E-state index contributed by atoms with van der Waals surface area (Å²) in [5.74, 6) is -0.932. The lowest BCUT2D eigenvalue weighted by atomic mass is 10.0. The van der Waals surface area contributed by atoms with E-state index in [1.807, 2.05) is 0 Å². The second-order valence-electron chi connectivity index (χ2n) is 4.30. The van der Waals surface area contributed by atoms with E-state index in [4.69, 9.17) is 0 Å². The largest absolute Gasteiger partial charge is 0.507 e. The molecule has 0 heterocycles. The molecular formula is C14H8F6O. The third-order valence-corrected chi connectivity index (χ3v) is 2.85. The smallest absolute Gasteiger partial charge is 0.419 e. The predicted molar refractivity (Wildman–Crippen MR) is 63.5 cm³/mol. The minimum atomic E-state index is -4.74. The van der Waals surface area contributed by atoms with Gasteiger partial charge in [-0.3, -0.25) is 0 Å². The van der Waals surface area contributed by atoms with Crippen LogP contribution in [0.5, 0.6) is 5.75 Å². The Bertz CT molecular complexity index is 640. The molecule has 0 fully saturated rings. The van der Waals surface area contributed by atoms with Crippen LogP contribution in [0.4, 0.5) is 26.3 Å². The van der Waals surface area contributed by atoms with Crippen molar-refractivity contribution < 1.29 is 31.4 Å². The van der Waals surface area contributed by atoms with Gasteiger partial charge >= 0.3 is 12.4 Å². The summed E-state index contributed by atoms with van der Waals surface area (Å²) in [6.45, 7) is 0. The van der Waals surface area contributed by atoms with Crippen LogP contribution in [0.3, 0.4) is 0 Å². The summed E-state index contributed by atoms with van der Waals surface area (Å²) in [5.41, 5.74) is -1.87. The molecule has 0 bridgehead atoms. The van der Waals surface area contributed by atoms with Crippen LogP contribution in [0.2, 0.25) is 0 Å². The van der Waals surface area contributed by atoms with E-state index in [1.54, 1.807) is 0 Å². The summed E-state index contributed by atoms with van der Waals surface area (Å²) < 4.78 is 75.2. The molecule has 0 saturated carbocycles. The van der Waals surface area contributed by atoms with E-state index in [2.05, 4.69) is 0 Å². The van der Waals surface area contributed by atoms with E-state index < -0.39 is 29.2 Å². The predicted octanol–water partition coefficient (Wildman–Crippen LogP) is 5.10. The summed E-state index contributed by atoms with van der Waals surface area (Å²) >= 11 is 0. The van der Waals surface area contributed by atoms with Gasteiger partial charge in [0.05, 0.1) is 11.1 Å². The second kappa shape index (κ2) is 4.98. The maximum absolute atomic E-state index is 12.7. The molecular weight excluding hydrogens is 298 g/mol. The van der Waals surface area contributed by atoms with Gasteiger partial charge in [0.2, 0.25) is 0 Å². The first-order valence-electron chi connectivity index (χ1n) is 5.67. The number of hydrogen-bond donors (Lipinski definition) is 1. The quantitative estimate of drug-likeness (QED) is 0.727. The first-order chi connectivity index (χ1) is 9.59. The van der Waals surface area contributed by atoms with Crippen molar-refractivity contribution in [1.82, 2.24) is 0 Å². The summed E-state index contributed by atoms with van der Waals surface area (Å²) in [6, 6.07) is 6.48. The Morgan fingerprint density at radius 2 is 1.19 bits per heavy atom. The van der Waals surface area contributed by atoms with Crippen molar-refractivity contribution in [3.8, 4) is 16.9 Å². The SMILES string of the molecule is Oc1ccc(-c2ccc(C(F)(F)F)cc2)cc1C(F)(F)F. The lowest BCUT2D eigenvalue weighted by Crippen LogP contribution is -2.05. The van der Waals surface area contributed by atoms with Gasteiger partial charge in [0.15, 0.2) is 0 Å². The van der Waals surface area contributed by atoms with Gasteiger partial charge in [-0.1, -0.05) is 18.2 Å². The highest BCUT2D eigenvalue weighted by atomic mass is 19.4. The number of phenolic OH excluding ortho intramolecular Hbond substituents is 1. The van der Waals surface area contributed by atoms with E-state index >= 15 is 0 Å². The minimum absolute atomic E-state index is 0.0637. The first-order valence-corrected chi connectivity index (χ1v) is 5.67. The summed E-state index contributed by atoms with van der Waals surface area (Å²) in [5, 5.41) is 9.20. The molecule has 0 aliphatic carbocycles. The first kappa shape index (κ1) is 15.2. The summed E-state index contributed by atoms with van der Waals surface area (Å²) in [4.78, 5) is 0. The lowest BCUT2D eigenvalue weighted by molar-refractivity contribution is -0.139. The van der Waals surface area contributed by atoms with Crippen molar-refractivity contribution >= 4 is 0 Å². The van der Waals surface area contributed by atoms with Crippen LogP contribution in [-0.4, -0.2) is 5.11 Å². The Hall–Kier alpha value is -2.18. The molecule has 2 aromatic carbocycles. The standard InChI is InChI=1S/C14H8F6O/c15-13(16,17)10-4-1-8(2-5-10)9-3-6-12(21)11(7-9)14(18,19)20/h1-7,21H. The third-order valence-electron chi connectivity index (χ3n) is 2.85. The van der Waals surface area contributed by atoms with Gasteiger partial charge < -0.3 is 5.11 Å². The Kier molecular flexibility index (Phi) is 3.61. The fourth-order valence-electron chi connectivity index (χ4n) is 1.79. The average Bonchev–Trinajstić information content (AvgIpc) is 2.37. The van der Waals surface area contributed by atoms with Crippen LogP contribution in [0, 0.1) is 0 Å². The Labute approximate surface area is 115 Å². The van der Waals surface area contributed by atoms with E-state index in [9.17, 15) is 31.4 Å². The fourth-order valence-corrected chi connectivity index (χ4v) is 1.79. The van der Waals surface area contributed by atoms with Gasteiger partial charge in [-0.25, -0.2) is 0 Å². The molecule has 2 aromatic rings. The topological polar surface area (TPSA) is 20.2 Å². The zero-order chi connectivity index (χ0) is 15.8. The fraction of sp³-hybridized carbons (Fsp3) is 0.143. The Morgan fingerprint density at radius 1 is 0.667 bits per heavy atom. The molecule has 0 atom stereocenters. The van der Waals surface area contributed by atoms with Crippen LogP contribution < -0.4 is 0 Å². The molecule has 0 aromatic heterocycles. The van der Waals surface area contributed by atoms with E-state index in [0.29, 0.717) is 6.07 Å². The highest BCUT2D eigenvalue weighted by molar-refractivity contribution is 5.66. The maximum Gasteiger partial charge on any atom is 0.419 e. The average molecular weight is 306 g/mol. The number of aromatic hydroxyl groups is 1. The molecule has 112 valence electrons. The normalized spacial score (nSPS) is 12.5. The number of phenols is 1. The van der Waals surface area contributed by atoms with Gasteiger partial charge in [0, 0.05) is 0 Å². The van der Waals surface area contributed by atoms with Crippen LogP contribution in [0.1, 0.15) is 11.1 Å². The number of alkyl halides is 6. The zero-order valence-corrected chi connectivity index (χ0v) is 10.3. The monoisotopic (exact) mass is 306 g/mol. The van der Waals surface area contributed by atoms with Gasteiger partial charge in [0.1, 0.15) is 5.75 Å². The second-order valence-corrected chi connectivity index (χ2v) is 4.30. The van der Waals surface area contributed by atoms with Gasteiger partial charge in [0.25, 0.3) is 0 Å².